The maximum Gasteiger partial charge on any atom is 0.139 e. The molecule has 3 aromatic rings. The van der Waals surface area contributed by atoms with Crippen LogP contribution in [0.5, 0.6) is 5.75 Å². The summed E-state index contributed by atoms with van der Waals surface area (Å²) < 4.78 is 5.86. The van der Waals surface area contributed by atoms with Crippen molar-refractivity contribution in [3.8, 4) is 11.8 Å². The van der Waals surface area contributed by atoms with Gasteiger partial charge in [0, 0.05) is 29.9 Å². The van der Waals surface area contributed by atoms with Crippen LogP contribution >= 0.6 is 11.6 Å². The predicted molar refractivity (Wildman–Crippen MR) is 108 cm³/mol. The van der Waals surface area contributed by atoms with Gasteiger partial charge in [0.05, 0.1) is 10.5 Å². The average Bonchev–Trinajstić information content (AvgIpc) is 3.20. The largest absolute Gasteiger partial charge is 0.487 e. The molecule has 136 valence electrons. The molecule has 4 nitrogen and oxygen atoms in total. The van der Waals surface area contributed by atoms with Gasteiger partial charge < -0.3 is 9.64 Å². The first kappa shape index (κ1) is 17.6. The lowest BCUT2D eigenvalue weighted by molar-refractivity contribution is 0.305. The Bertz CT molecular complexity index is 1040. The molecular formula is C22H20ClN3O. The van der Waals surface area contributed by atoms with E-state index in [1.54, 1.807) is 18.2 Å². The van der Waals surface area contributed by atoms with Gasteiger partial charge in [-0.25, -0.2) is 0 Å². The Morgan fingerprint density at radius 1 is 1.19 bits per heavy atom. The summed E-state index contributed by atoms with van der Waals surface area (Å²) >= 11 is 6.07. The van der Waals surface area contributed by atoms with Crippen LogP contribution in [-0.2, 0) is 6.61 Å². The molecular weight excluding hydrogens is 358 g/mol. The maximum atomic E-state index is 9.27. The zero-order chi connectivity index (χ0) is 18.8. The second-order valence-electron chi connectivity index (χ2n) is 6.84. The van der Waals surface area contributed by atoms with Crippen molar-refractivity contribution < 1.29 is 4.74 Å². The van der Waals surface area contributed by atoms with Crippen LogP contribution in [0.3, 0.4) is 0 Å². The summed E-state index contributed by atoms with van der Waals surface area (Å²) in [5.41, 5.74) is 4.64. The second-order valence-corrected chi connectivity index (χ2v) is 7.25. The van der Waals surface area contributed by atoms with Gasteiger partial charge in [0.15, 0.2) is 0 Å². The number of halogens is 1. The van der Waals surface area contributed by atoms with E-state index in [1.807, 2.05) is 6.92 Å². The SMILES string of the molecule is Cc1cc(N2CCCC2)c2ccc(COc3cccc(Cl)c3C#N)cc2n1. The minimum atomic E-state index is 0.361. The highest BCUT2D eigenvalue weighted by Crippen LogP contribution is 2.31. The van der Waals surface area contributed by atoms with Gasteiger partial charge in [0.1, 0.15) is 24.0 Å². The summed E-state index contributed by atoms with van der Waals surface area (Å²) in [7, 11) is 0. The number of hydrogen-bond acceptors (Lipinski definition) is 4. The van der Waals surface area contributed by atoms with Crippen LogP contribution in [0.25, 0.3) is 10.9 Å². The van der Waals surface area contributed by atoms with Crippen LogP contribution < -0.4 is 9.64 Å². The van der Waals surface area contributed by atoms with Crippen LogP contribution in [0.15, 0.2) is 42.5 Å². The Kier molecular flexibility index (Phi) is 4.87. The van der Waals surface area contributed by atoms with Crippen LogP contribution in [0.2, 0.25) is 5.02 Å². The first-order chi connectivity index (χ1) is 13.2. The molecule has 2 heterocycles. The van der Waals surface area contributed by atoms with Gasteiger partial charge in [-0.2, -0.15) is 5.26 Å². The molecule has 0 bridgehead atoms. The quantitative estimate of drug-likeness (QED) is 0.623. The molecule has 2 aromatic carbocycles. The summed E-state index contributed by atoms with van der Waals surface area (Å²) in [6, 6.07) is 15.8. The molecule has 0 N–H and O–H groups in total. The van der Waals surface area contributed by atoms with Crippen molar-refractivity contribution in [3.63, 3.8) is 0 Å². The van der Waals surface area contributed by atoms with Crippen LogP contribution in [0.1, 0.15) is 29.7 Å². The number of nitriles is 1. The van der Waals surface area contributed by atoms with Gasteiger partial charge in [-0.05, 0) is 49.6 Å². The normalized spacial score (nSPS) is 13.7. The van der Waals surface area contributed by atoms with Crippen molar-refractivity contribution in [1.82, 2.24) is 4.98 Å². The number of anilines is 1. The minimum absolute atomic E-state index is 0.361. The lowest BCUT2D eigenvalue weighted by Gasteiger charge is -2.20. The highest BCUT2D eigenvalue weighted by Gasteiger charge is 2.16. The number of nitrogens with zero attached hydrogens (tertiary/aromatic N) is 3. The molecule has 0 radical (unpaired) electrons. The van der Waals surface area contributed by atoms with Crippen LogP contribution in [-0.4, -0.2) is 18.1 Å². The summed E-state index contributed by atoms with van der Waals surface area (Å²) in [5, 5.41) is 10.9. The van der Waals surface area contributed by atoms with Gasteiger partial charge in [0.2, 0.25) is 0 Å². The Balaban J connectivity index is 1.63. The number of aryl methyl sites for hydroxylation is 1. The van der Waals surface area contributed by atoms with Gasteiger partial charge in [-0.3, -0.25) is 4.98 Å². The zero-order valence-electron chi connectivity index (χ0n) is 15.2. The number of benzene rings is 2. The summed E-state index contributed by atoms with van der Waals surface area (Å²) in [6.45, 7) is 4.61. The van der Waals surface area contributed by atoms with E-state index < -0.39 is 0 Å². The third-order valence-electron chi connectivity index (χ3n) is 4.91. The molecule has 1 fully saturated rings. The molecule has 0 spiro atoms. The van der Waals surface area contributed by atoms with E-state index in [0.717, 1.165) is 29.9 Å². The Hall–Kier alpha value is -2.77. The van der Waals surface area contributed by atoms with Crippen LogP contribution in [0, 0.1) is 18.3 Å². The maximum absolute atomic E-state index is 9.27. The average molecular weight is 378 g/mol. The number of ether oxygens (including phenoxy) is 1. The summed E-state index contributed by atoms with van der Waals surface area (Å²) in [5.74, 6) is 0.500. The van der Waals surface area contributed by atoms with E-state index in [2.05, 4.69) is 35.2 Å². The van der Waals surface area contributed by atoms with Gasteiger partial charge in [0.25, 0.3) is 0 Å². The molecule has 0 atom stereocenters. The van der Waals surface area contributed by atoms with Crippen molar-refractivity contribution in [3.05, 3.63) is 64.3 Å². The molecule has 0 saturated carbocycles. The Labute approximate surface area is 164 Å². The first-order valence-corrected chi connectivity index (χ1v) is 9.50. The number of hydrogen-bond donors (Lipinski definition) is 0. The molecule has 1 saturated heterocycles. The molecule has 0 aliphatic carbocycles. The molecule has 0 unspecified atom stereocenters. The fraction of sp³-hybridized carbons (Fsp3) is 0.273. The minimum Gasteiger partial charge on any atom is -0.487 e. The molecule has 1 aliphatic rings. The van der Waals surface area contributed by atoms with Crippen molar-refractivity contribution in [2.75, 3.05) is 18.0 Å². The topological polar surface area (TPSA) is 49.1 Å². The van der Waals surface area contributed by atoms with Crippen molar-refractivity contribution in [1.29, 1.82) is 5.26 Å². The first-order valence-electron chi connectivity index (χ1n) is 9.12. The summed E-state index contributed by atoms with van der Waals surface area (Å²) in [6.07, 6.45) is 2.49. The summed E-state index contributed by atoms with van der Waals surface area (Å²) in [4.78, 5) is 7.16. The number of aromatic nitrogens is 1. The highest BCUT2D eigenvalue weighted by atomic mass is 35.5. The lowest BCUT2D eigenvalue weighted by atomic mass is 10.1. The van der Waals surface area contributed by atoms with Crippen molar-refractivity contribution >= 4 is 28.2 Å². The molecule has 0 amide bonds. The molecule has 4 rings (SSSR count). The molecule has 5 heteroatoms. The van der Waals surface area contributed by atoms with Gasteiger partial charge >= 0.3 is 0 Å². The van der Waals surface area contributed by atoms with E-state index in [1.165, 1.54) is 23.9 Å². The van der Waals surface area contributed by atoms with E-state index in [0.29, 0.717) is 22.9 Å². The molecule has 1 aromatic heterocycles. The van der Waals surface area contributed by atoms with E-state index in [-0.39, 0.29) is 0 Å². The monoisotopic (exact) mass is 377 g/mol. The van der Waals surface area contributed by atoms with Crippen LogP contribution in [0.4, 0.5) is 5.69 Å². The van der Waals surface area contributed by atoms with E-state index in [9.17, 15) is 5.26 Å². The third-order valence-corrected chi connectivity index (χ3v) is 5.22. The predicted octanol–water partition coefficient (Wildman–Crippen LogP) is 5.25. The second kappa shape index (κ2) is 7.46. The fourth-order valence-electron chi connectivity index (χ4n) is 3.59. The molecule has 1 aliphatic heterocycles. The van der Waals surface area contributed by atoms with Crippen molar-refractivity contribution in [2.24, 2.45) is 0 Å². The van der Waals surface area contributed by atoms with E-state index in [4.69, 9.17) is 21.3 Å². The smallest absolute Gasteiger partial charge is 0.139 e. The number of pyridine rings is 1. The molecule has 27 heavy (non-hydrogen) atoms. The number of rotatable bonds is 4. The Morgan fingerprint density at radius 3 is 2.78 bits per heavy atom. The lowest BCUT2D eigenvalue weighted by Crippen LogP contribution is -2.18. The third kappa shape index (κ3) is 3.56. The highest BCUT2D eigenvalue weighted by molar-refractivity contribution is 6.31. The van der Waals surface area contributed by atoms with Gasteiger partial charge in [-0.15, -0.1) is 0 Å². The fourth-order valence-corrected chi connectivity index (χ4v) is 3.80. The Morgan fingerprint density at radius 2 is 2.00 bits per heavy atom. The van der Waals surface area contributed by atoms with Gasteiger partial charge in [-0.1, -0.05) is 29.8 Å². The standard InChI is InChI=1S/C22H20ClN3O/c1-15-11-21(26-9-2-3-10-26)17-8-7-16(12-20(17)25-15)14-27-22-6-4-5-19(23)18(22)13-24/h4-8,11-12H,2-3,9-10,14H2,1H3. The number of fused-ring (bicyclic) bond motifs is 1. The van der Waals surface area contributed by atoms with E-state index >= 15 is 0 Å². The zero-order valence-corrected chi connectivity index (χ0v) is 16.0. The van der Waals surface area contributed by atoms with Crippen molar-refractivity contribution in [2.45, 2.75) is 26.4 Å².